The van der Waals surface area contributed by atoms with E-state index in [-0.39, 0.29) is 6.04 Å². The van der Waals surface area contributed by atoms with E-state index in [4.69, 9.17) is 4.98 Å². The molecule has 1 aliphatic carbocycles. The van der Waals surface area contributed by atoms with Gasteiger partial charge >= 0.3 is 0 Å². The van der Waals surface area contributed by atoms with Crippen molar-refractivity contribution in [2.75, 3.05) is 0 Å². The standard InChI is InChI=1S/C15H17Br2N3S/c1-8(2)12-7-21-15(20-12)14(19-10-3-4-10)13-11(17)5-9(16)6-18-13/h5-8,10,14,19H,3-4H2,1-2H3. The van der Waals surface area contributed by atoms with Gasteiger partial charge in [-0.1, -0.05) is 13.8 Å². The summed E-state index contributed by atoms with van der Waals surface area (Å²) in [5, 5.41) is 6.94. The lowest BCUT2D eigenvalue weighted by Gasteiger charge is -2.17. The molecule has 1 N–H and O–H groups in total. The Kier molecular flexibility index (Phi) is 4.78. The maximum absolute atomic E-state index is 4.81. The van der Waals surface area contributed by atoms with Gasteiger partial charge in [-0.05, 0) is 56.7 Å². The molecule has 0 aromatic carbocycles. The molecular weight excluding hydrogens is 414 g/mol. The molecule has 1 fully saturated rings. The molecule has 112 valence electrons. The SMILES string of the molecule is CC(C)c1csc(C(NC2CC2)c2ncc(Br)cc2Br)n1. The zero-order chi connectivity index (χ0) is 15.0. The van der Waals surface area contributed by atoms with Crippen molar-refractivity contribution in [2.24, 2.45) is 0 Å². The first-order valence-electron chi connectivity index (χ1n) is 7.07. The Morgan fingerprint density at radius 2 is 2.10 bits per heavy atom. The normalized spacial score (nSPS) is 16.4. The summed E-state index contributed by atoms with van der Waals surface area (Å²) >= 11 is 8.81. The van der Waals surface area contributed by atoms with Crippen LogP contribution in [0.25, 0.3) is 0 Å². The maximum atomic E-state index is 4.81. The number of nitrogens with zero attached hydrogens (tertiary/aromatic N) is 2. The van der Waals surface area contributed by atoms with Gasteiger partial charge in [0.2, 0.25) is 0 Å². The number of thiazole rings is 1. The Hall–Kier alpha value is -0.300. The molecule has 1 aliphatic rings. The number of hydrogen-bond acceptors (Lipinski definition) is 4. The van der Waals surface area contributed by atoms with E-state index in [1.165, 1.54) is 12.8 Å². The van der Waals surface area contributed by atoms with E-state index in [1.807, 2.05) is 12.3 Å². The summed E-state index contributed by atoms with van der Waals surface area (Å²) in [6, 6.07) is 2.71. The third kappa shape index (κ3) is 3.73. The van der Waals surface area contributed by atoms with Crippen LogP contribution in [0.5, 0.6) is 0 Å². The fourth-order valence-electron chi connectivity index (χ4n) is 2.09. The Bertz CT molecular complexity index is 638. The summed E-state index contributed by atoms with van der Waals surface area (Å²) in [5.74, 6) is 0.456. The summed E-state index contributed by atoms with van der Waals surface area (Å²) in [5.41, 5.74) is 2.17. The smallest absolute Gasteiger partial charge is 0.116 e. The molecule has 0 radical (unpaired) electrons. The first-order valence-corrected chi connectivity index (χ1v) is 9.53. The van der Waals surface area contributed by atoms with Crippen molar-refractivity contribution < 1.29 is 0 Å². The van der Waals surface area contributed by atoms with Gasteiger partial charge in [-0.25, -0.2) is 4.98 Å². The number of pyridine rings is 1. The maximum Gasteiger partial charge on any atom is 0.116 e. The molecule has 0 amide bonds. The van der Waals surface area contributed by atoms with E-state index in [9.17, 15) is 0 Å². The molecule has 2 aromatic rings. The molecule has 1 unspecified atom stereocenters. The first-order chi connectivity index (χ1) is 10.0. The molecule has 0 spiro atoms. The van der Waals surface area contributed by atoms with Crippen LogP contribution in [0.3, 0.4) is 0 Å². The van der Waals surface area contributed by atoms with Crippen LogP contribution >= 0.6 is 43.2 Å². The van der Waals surface area contributed by atoms with Crippen molar-refractivity contribution in [1.29, 1.82) is 0 Å². The average molecular weight is 431 g/mol. The lowest BCUT2D eigenvalue weighted by atomic mass is 10.1. The Labute approximate surface area is 145 Å². The summed E-state index contributed by atoms with van der Waals surface area (Å²) in [6.07, 6.45) is 4.33. The lowest BCUT2D eigenvalue weighted by molar-refractivity contribution is 0.580. The van der Waals surface area contributed by atoms with E-state index in [0.29, 0.717) is 12.0 Å². The third-order valence-electron chi connectivity index (χ3n) is 3.47. The molecule has 2 aromatic heterocycles. The molecule has 1 atom stereocenters. The molecule has 0 bridgehead atoms. The van der Waals surface area contributed by atoms with Gasteiger partial charge in [-0.3, -0.25) is 4.98 Å². The minimum Gasteiger partial charge on any atom is -0.300 e. The van der Waals surface area contributed by atoms with Crippen LogP contribution in [-0.4, -0.2) is 16.0 Å². The molecule has 3 rings (SSSR count). The second-order valence-corrected chi connectivity index (χ2v) is 8.32. The molecule has 2 heterocycles. The quantitative estimate of drug-likeness (QED) is 0.722. The van der Waals surface area contributed by atoms with Gasteiger partial charge in [0.1, 0.15) is 11.0 Å². The zero-order valence-corrected chi connectivity index (χ0v) is 15.9. The van der Waals surface area contributed by atoms with Crippen LogP contribution in [0.4, 0.5) is 0 Å². The largest absolute Gasteiger partial charge is 0.300 e. The summed E-state index contributed by atoms with van der Waals surface area (Å²) in [4.78, 5) is 9.41. The highest BCUT2D eigenvalue weighted by atomic mass is 79.9. The van der Waals surface area contributed by atoms with Gasteiger partial charge in [0.15, 0.2) is 0 Å². The van der Waals surface area contributed by atoms with E-state index in [2.05, 4.69) is 61.4 Å². The van der Waals surface area contributed by atoms with Crippen molar-refractivity contribution in [3.63, 3.8) is 0 Å². The van der Waals surface area contributed by atoms with E-state index >= 15 is 0 Å². The number of halogens is 2. The monoisotopic (exact) mass is 429 g/mol. The molecular formula is C15H17Br2N3S. The molecule has 0 saturated heterocycles. The highest BCUT2D eigenvalue weighted by Crippen LogP contribution is 2.34. The fraction of sp³-hybridized carbons (Fsp3) is 0.467. The predicted octanol–water partition coefficient (Wildman–Crippen LogP) is 5.03. The van der Waals surface area contributed by atoms with Crippen molar-refractivity contribution in [3.8, 4) is 0 Å². The highest BCUT2D eigenvalue weighted by molar-refractivity contribution is 9.11. The van der Waals surface area contributed by atoms with Crippen molar-refractivity contribution >= 4 is 43.2 Å². The van der Waals surface area contributed by atoms with Crippen LogP contribution in [-0.2, 0) is 0 Å². The minimum absolute atomic E-state index is 0.0671. The van der Waals surface area contributed by atoms with Crippen LogP contribution in [0, 0.1) is 0 Å². The van der Waals surface area contributed by atoms with E-state index in [0.717, 1.165) is 25.3 Å². The van der Waals surface area contributed by atoms with E-state index < -0.39 is 0 Å². The molecule has 3 nitrogen and oxygen atoms in total. The van der Waals surface area contributed by atoms with Crippen molar-refractivity contribution in [2.45, 2.75) is 44.7 Å². The van der Waals surface area contributed by atoms with E-state index in [1.54, 1.807) is 11.3 Å². The number of nitrogens with one attached hydrogen (secondary N) is 1. The summed E-state index contributed by atoms with van der Waals surface area (Å²) in [6.45, 7) is 4.35. The highest BCUT2D eigenvalue weighted by Gasteiger charge is 2.30. The number of aromatic nitrogens is 2. The predicted molar refractivity (Wildman–Crippen MR) is 93.8 cm³/mol. The van der Waals surface area contributed by atoms with Gasteiger partial charge in [-0.15, -0.1) is 11.3 Å². The van der Waals surface area contributed by atoms with Gasteiger partial charge in [0, 0.05) is 26.6 Å². The Balaban J connectivity index is 1.95. The lowest BCUT2D eigenvalue weighted by Crippen LogP contribution is -2.25. The molecule has 1 saturated carbocycles. The van der Waals surface area contributed by atoms with Crippen LogP contribution < -0.4 is 5.32 Å². The second-order valence-electron chi connectivity index (χ2n) is 5.66. The third-order valence-corrected chi connectivity index (χ3v) is 5.46. The van der Waals surface area contributed by atoms with Gasteiger partial charge in [-0.2, -0.15) is 0 Å². The van der Waals surface area contributed by atoms with Crippen molar-refractivity contribution in [3.05, 3.63) is 43.0 Å². The summed E-state index contributed by atoms with van der Waals surface area (Å²) < 4.78 is 1.99. The fourth-order valence-corrected chi connectivity index (χ4v) is 4.35. The number of hydrogen-bond donors (Lipinski definition) is 1. The zero-order valence-electron chi connectivity index (χ0n) is 11.9. The van der Waals surface area contributed by atoms with Gasteiger partial charge < -0.3 is 5.32 Å². The van der Waals surface area contributed by atoms with Gasteiger partial charge in [0.25, 0.3) is 0 Å². The minimum atomic E-state index is 0.0671. The second kappa shape index (κ2) is 6.44. The van der Waals surface area contributed by atoms with Crippen molar-refractivity contribution in [1.82, 2.24) is 15.3 Å². The molecule has 0 aliphatic heterocycles. The van der Waals surface area contributed by atoms with Crippen LogP contribution in [0.2, 0.25) is 0 Å². The molecule has 6 heteroatoms. The summed E-state index contributed by atoms with van der Waals surface area (Å²) in [7, 11) is 0. The first kappa shape index (κ1) is 15.6. The average Bonchev–Trinajstić information content (AvgIpc) is 3.11. The van der Waals surface area contributed by atoms with Crippen LogP contribution in [0.15, 0.2) is 26.6 Å². The topological polar surface area (TPSA) is 37.8 Å². The Morgan fingerprint density at radius 1 is 1.33 bits per heavy atom. The molecule has 21 heavy (non-hydrogen) atoms. The Morgan fingerprint density at radius 3 is 2.67 bits per heavy atom. The number of rotatable bonds is 5. The van der Waals surface area contributed by atoms with Gasteiger partial charge in [0.05, 0.1) is 11.4 Å². The van der Waals surface area contributed by atoms with Crippen LogP contribution in [0.1, 0.15) is 55.0 Å².